The standard InChI is InChI=1S/C9H10BrFN2O4/c10-5-2-13(8(16)12-7(5)15)6-1-9(11,3-14)4-17-6/h2,6,14H,1,3-4H2,(H,12,15,16)/t6-,9-/m0/s1. The number of H-pyrrole nitrogens is 1. The van der Waals surface area contributed by atoms with Gasteiger partial charge < -0.3 is 9.84 Å². The number of alkyl halides is 1. The topological polar surface area (TPSA) is 84.3 Å². The van der Waals surface area contributed by atoms with Crippen LogP contribution in [0.2, 0.25) is 0 Å². The highest BCUT2D eigenvalue weighted by Gasteiger charge is 2.41. The molecular formula is C9H10BrFN2O4. The van der Waals surface area contributed by atoms with E-state index in [-0.39, 0.29) is 17.5 Å². The van der Waals surface area contributed by atoms with Gasteiger partial charge in [0, 0.05) is 12.6 Å². The number of hydrogen-bond acceptors (Lipinski definition) is 4. The number of nitrogens with zero attached hydrogens (tertiary/aromatic N) is 1. The van der Waals surface area contributed by atoms with Gasteiger partial charge in [0.15, 0.2) is 5.67 Å². The van der Waals surface area contributed by atoms with E-state index in [2.05, 4.69) is 20.9 Å². The predicted octanol–water partition coefficient (Wildman–Crippen LogP) is -0.0814. The number of hydrogen-bond donors (Lipinski definition) is 2. The predicted molar refractivity (Wildman–Crippen MR) is 59.6 cm³/mol. The van der Waals surface area contributed by atoms with E-state index < -0.39 is 29.8 Å². The minimum absolute atomic E-state index is 0.137. The summed E-state index contributed by atoms with van der Waals surface area (Å²) in [6.45, 7) is -0.944. The molecule has 8 heteroatoms. The third kappa shape index (κ3) is 2.33. The Morgan fingerprint density at radius 2 is 2.41 bits per heavy atom. The average Bonchev–Trinajstić information content (AvgIpc) is 2.67. The van der Waals surface area contributed by atoms with Crippen molar-refractivity contribution in [2.75, 3.05) is 13.2 Å². The smallest absolute Gasteiger partial charge is 0.330 e. The Morgan fingerprint density at radius 1 is 1.71 bits per heavy atom. The van der Waals surface area contributed by atoms with E-state index in [1.807, 2.05) is 0 Å². The molecule has 1 aromatic rings. The summed E-state index contributed by atoms with van der Waals surface area (Å²) in [4.78, 5) is 24.7. The van der Waals surface area contributed by atoms with Crippen LogP contribution in [0.3, 0.4) is 0 Å². The third-order valence-corrected chi connectivity index (χ3v) is 3.16. The van der Waals surface area contributed by atoms with Crippen LogP contribution in [0.1, 0.15) is 12.6 Å². The largest absolute Gasteiger partial charge is 0.393 e. The van der Waals surface area contributed by atoms with E-state index in [0.717, 1.165) is 4.57 Å². The number of aromatic amines is 1. The third-order valence-electron chi connectivity index (χ3n) is 2.59. The van der Waals surface area contributed by atoms with Crippen LogP contribution in [0.5, 0.6) is 0 Å². The second kappa shape index (κ2) is 4.35. The molecule has 1 saturated heterocycles. The normalized spacial score (nSPS) is 28.5. The number of halogens is 2. The summed E-state index contributed by atoms with van der Waals surface area (Å²) in [7, 11) is 0. The number of ether oxygens (including phenoxy) is 1. The molecular weight excluding hydrogens is 299 g/mol. The first-order valence-electron chi connectivity index (χ1n) is 4.87. The Hall–Kier alpha value is -0.990. The van der Waals surface area contributed by atoms with E-state index in [4.69, 9.17) is 9.84 Å². The molecule has 6 nitrogen and oxygen atoms in total. The van der Waals surface area contributed by atoms with Gasteiger partial charge in [0.2, 0.25) is 0 Å². The zero-order valence-corrected chi connectivity index (χ0v) is 10.2. The lowest BCUT2D eigenvalue weighted by atomic mass is 10.1. The Labute approximate surface area is 103 Å². The lowest BCUT2D eigenvalue weighted by molar-refractivity contribution is 0.0272. The lowest BCUT2D eigenvalue weighted by Crippen LogP contribution is -2.33. The van der Waals surface area contributed by atoms with Crippen LogP contribution < -0.4 is 11.2 Å². The molecule has 1 aliphatic rings. The van der Waals surface area contributed by atoms with Crippen LogP contribution in [0.15, 0.2) is 20.3 Å². The maximum absolute atomic E-state index is 13.7. The van der Waals surface area contributed by atoms with Gasteiger partial charge in [0.1, 0.15) is 6.23 Å². The Kier molecular flexibility index (Phi) is 3.19. The molecule has 0 amide bonds. The molecule has 0 aliphatic carbocycles. The van der Waals surface area contributed by atoms with Gasteiger partial charge >= 0.3 is 5.69 Å². The summed E-state index contributed by atoms with van der Waals surface area (Å²) in [6, 6.07) is 0. The van der Waals surface area contributed by atoms with Crippen LogP contribution >= 0.6 is 15.9 Å². The fourth-order valence-electron chi connectivity index (χ4n) is 1.64. The number of rotatable bonds is 2. The maximum Gasteiger partial charge on any atom is 0.330 e. The van der Waals surface area contributed by atoms with Gasteiger partial charge in [0.05, 0.1) is 17.7 Å². The summed E-state index contributed by atoms with van der Waals surface area (Å²) in [5.41, 5.74) is -3.07. The lowest BCUT2D eigenvalue weighted by Gasteiger charge is -2.14. The van der Waals surface area contributed by atoms with Crippen molar-refractivity contribution in [1.82, 2.24) is 9.55 Å². The first-order valence-corrected chi connectivity index (χ1v) is 5.67. The molecule has 1 aliphatic heterocycles. The second-order valence-electron chi connectivity index (χ2n) is 3.92. The number of aliphatic hydroxyl groups is 1. The van der Waals surface area contributed by atoms with Crippen molar-refractivity contribution in [3.05, 3.63) is 31.5 Å². The van der Waals surface area contributed by atoms with Gasteiger partial charge in [-0.05, 0) is 15.9 Å². The highest BCUT2D eigenvalue weighted by Crippen LogP contribution is 2.33. The first-order chi connectivity index (χ1) is 7.95. The fraction of sp³-hybridized carbons (Fsp3) is 0.556. The quantitative estimate of drug-likeness (QED) is 0.800. The summed E-state index contributed by atoms with van der Waals surface area (Å²) >= 11 is 2.97. The van der Waals surface area contributed by atoms with Gasteiger partial charge in [-0.2, -0.15) is 0 Å². The van der Waals surface area contributed by atoms with Crippen molar-refractivity contribution in [3.8, 4) is 0 Å². The van der Waals surface area contributed by atoms with Gasteiger partial charge in [-0.3, -0.25) is 14.3 Å². The molecule has 1 aromatic heterocycles. The van der Waals surface area contributed by atoms with E-state index in [1.165, 1.54) is 6.20 Å². The molecule has 2 heterocycles. The Morgan fingerprint density at radius 3 is 3.00 bits per heavy atom. The number of aliphatic hydroxyl groups excluding tert-OH is 1. The summed E-state index contributed by atoms with van der Waals surface area (Å²) in [5, 5.41) is 8.85. The van der Waals surface area contributed by atoms with Crippen molar-refractivity contribution in [1.29, 1.82) is 0 Å². The molecule has 0 saturated carbocycles. The van der Waals surface area contributed by atoms with E-state index >= 15 is 0 Å². The first kappa shape index (κ1) is 12.5. The number of nitrogens with one attached hydrogen (secondary N) is 1. The van der Waals surface area contributed by atoms with Crippen LogP contribution in [0.25, 0.3) is 0 Å². The average molecular weight is 309 g/mol. The highest BCUT2D eigenvalue weighted by molar-refractivity contribution is 9.10. The van der Waals surface area contributed by atoms with Crippen LogP contribution in [0, 0.1) is 0 Å². The molecule has 0 bridgehead atoms. The molecule has 17 heavy (non-hydrogen) atoms. The number of aromatic nitrogens is 2. The van der Waals surface area contributed by atoms with E-state index in [9.17, 15) is 14.0 Å². The van der Waals surface area contributed by atoms with Crippen molar-refractivity contribution >= 4 is 15.9 Å². The monoisotopic (exact) mass is 308 g/mol. The van der Waals surface area contributed by atoms with E-state index in [0.29, 0.717) is 0 Å². The van der Waals surface area contributed by atoms with Crippen LogP contribution in [0.4, 0.5) is 4.39 Å². The Bertz CT molecular complexity index is 543. The minimum atomic E-state index is -1.84. The van der Waals surface area contributed by atoms with Crippen molar-refractivity contribution in [3.63, 3.8) is 0 Å². The van der Waals surface area contributed by atoms with Gasteiger partial charge in [-0.1, -0.05) is 0 Å². The molecule has 0 unspecified atom stereocenters. The summed E-state index contributed by atoms with van der Waals surface area (Å²) in [6.07, 6.45) is 0.282. The molecule has 1 fully saturated rings. The van der Waals surface area contributed by atoms with Gasteiger partial charge in [-0.15, -0.1) is 0 Å². The molecule has 2 rings (SSSR count). The van der Waals surface area contributed by atoms with Gasteiger partial charge in [-0.25, -0.2) is 9.18 Å². The summed E-state index contributed by atoms with van der Waals surface area (Å²) < 4.78 is 20.1. The molecule has 2 atom stereocenters. The molecule has 0 spiro atoms. The Balaban J connectivity index is 2.34. The van der Waals surface area contributed by atoms with Crippen molar-refractivity contribution in [2.24, 2.45) is 0 Å². The fourth-order valence-corrected chi connectivity index (χ4v) is 1.96. The van der Waals surface area contributed by atoms with E-state index in [1.54, 1.807) is 0 Å². The summed E-state index contributed by atoms with van der Waals surface area (Å²) in [5.74, 6) is 0. The zero-order chi connectivity index (χ0) is 12.6. The molecule has 0 radical (unpaired) electrons. The van der Waals surface area contributed by atoms with Crippen LogP contribution in [-0.2, 0) is 4.74 Å². The maximum atomic E-state index is 13.7. The zero-order valence-electron chi connectivity index (χ0n) is 8.65. The highest BCUT2D eigenvalue weighted by atomic mass is 79.9. The van der Waals surface area contributed by atoms with Crippen LogP contribution in [-0.4, -0.2) is 33.5 Å². The molecule has 2 N–H and O–H groups in total. The molecule has 94 valence electrons. The molecule has 0 aromatic carbocycles. The van der Waals surface area contributed by atoms with Crippen molar-refractivity contribution < 1.29 is 14.2 Å². The van der Waals surface area contributed by atoms with Crippen molar-refractivity contribution in [2.45, 2.75) is 18.3 Å². The SMILES string of the molecule is O=c1[nH]c(=O)n([C@@H]2C[C@](F)(CO)CO2)cc1Br. The second-order valence-corrected chi connectivity index (χ2v) is 4.78. The minimum Gasteiger partial charge on any atom is -0.393 e. The van der Waals surface area contributed by atoms with Gasteiger partial charge in [0.25, 0.3) is 5.56 Å².